The minimum Gasteiger partial charge on any atom is -0.478 e. The fraction of sp³-hybridized carbons (Fsp3) is 0.812. The van der Waals surface area contributed by atoms with Gasteiger partial charge in [0, 0.05) is 11.0 Å². The van der Waals surface area contributed by atoms with Crippen LogP contribution >= 0.6 is 0 Å². The Bertz CT molecular complexity index is 478. The molecule has 0 aromatic rings. The molecule has 0 radical (unpaired) electrons. The van der Waals surface area contributed by atoms with Gasteiger partial charge in [-0.25, -0.2) is 4.79 Å². The van der Waals surface area contributed by atoms with E-state index in [9.17, 15) is 15.0 Å². The summed E-state index contributed by atoms with van der Waals surface area (Å²) >= 11 is 0. The van der Waals surface area contributed by atoms with E-state index in [1.807, 2.05) is 0 Å². The van der Waals surface area contributed by atoms with Crippen molar-refractivity contribution in [1.82, 2.24) is 0 Å². The smallest absolute Gasteiger partial charge is 0.331 e. The van der Waals surface area contributed by atoms with E-state index in [0.29, 0.717) is 11.5 Å². The van der Waals surface area contributed by atoms with E-state index in [1.165, 1.54) is 0 Å². The number of carboxylic acid groups (broad SMARTS) is 1. The lowest BCUT2D eigenvalue weighted by molar-refractivity contribution is -0.134. The number of fused-ring (bicyclic) bond motifs is 1. The first-order valence-corrected chi connectivity index (χ1v) is 7.31. The van der Waals surface area contributed by atoms with E-state index < -0.39 is 12.1 Å². The van der Waals surface area contributed by atoms with Gasteiger partial charge in [-0.1, -0.05) is 27.7 Å². The summed E-state index contributed by atoms with van der Waals surface area (Å²) in [5, 5.41) is 20.1. The molecule has 19 heavy (non-hydrogen) atoms. The monoisotopic (exact) mass is 264 g/mol. The van der Waals surface area contributed by atoms with Gasteiger partial charge in [0.05, 0.1) is 6.10 Å². The number of aliphatic hydroxyl groups is 1. The highest BCUT2D eigenvalue weighted by Gasteiger charge is 2.73. The average molecular weight is 264 g/mol. The summed E-state index contributed by atoms with van der Waals surface area (Å²) < 4.78 is 0. The third kappa shape index (κ3) is 1.17. The van der Waals surface area contributed by atoms with Gasteiger partial charge in [0.25, 0.3) is 0 Å². The second-order valence-corrected chi connectivity index (χ2v) is 7.66. The van der Waals surface area contributed by atoms with Gasteiger partial charge in [0.1, 0.15) is 0 Å². The van der Waals surface area contributed by atoms with Crippen LogP contribution in [0.1, 0.15) is 47.0 Å². The lowest BCUT2D eigenvalue weighted by atomic mass is 9.56. The minimum absolute atomic E-state index is 0.0250. The maximum atomic E-state index is 11.5. The Kier molecular flexibility index (Phi) is 2.38. The average Bonchev–Trinajstić information content (AvgIpc) is 2.66. The van der Waals surface area contributed by atoms with Crippen molar-refractivity contribution in [2.75, 3.05) is 0 Å². The summed E-state index contributed by atoms with van der Waals surface area (Å²) in [7, 11) is 0. The number of rotatable bonds is 1. The molecule has 2 N–H and O–H groups in total. The molecule has 2 bridgehead atoms. The summed E-state index contributed by atoms with van der Waals surface area (Å²) in [5.74, 6) is -0.326. The predicted molar refractivity (Wildman–Crippen MR) is 72.6 cm³/mol. The van der Waals surface area contributed by atoms with Crippen molar-refractivity contribution in [2.45, 2.75) is 53.1 Å². The second kappa shape index (κ2) is 3.43. The number of hydrogen-bond donors (Lipinski definition) is 2. The van der Waals surface area contributed by atoms with Gasteiger partial charge >= 0.3 is 5.97 Å². The maximum absolute atomic E-state index is 11.5. The first-order chi connectivity index (χ1) is 8.68. The van der Waals surface area contributed by atoms with Crippen LogP contribution in [0.2, 0.25) is 0 Å². The van der Waals surface area contributed by atoms with E-state index in [1.54, 1.807) is 6.08 Å². The van der Waals surface area contributed by atoms with Gasteiger partial charge < -0.3 is 10.2 Å². The highest BCUT2D eigenvalue weighted by Crippen LogP contribution is 2.77. The molecule has 2 fully saturated rings. The molecular formula is C16H24O3. The number of aliphatic hydroxyl groups excluding tert-OH is 1. The molecule has 0 saturated heterocycles. The summed E-state index contributed by atoms with van der Waals surface area (Å²) in [6.07, 6.45) is 4.09. The third-order valence-electron chi connectivity index (χ3n) is 7.31. The van der Waals surface area contributed by atoms with Gasteiger partial charge in [-0.2, -0.15) is 0 Å². The molecule has 0 unspecified atom stereocenters. The Morgan fingerprint density at radius 3 is 2.58 bits per heavy atom. The highest BCUT2D eigenvalue weighted by atomic mass is 16.4. The predicted octanol–water partition coefficient (Wildman–Crippen LogP) is 2.84. The zero-order valence-corrected chi connectivity index (χ0v) is 12.2. The minimum atomic E-state index is -0.858. The molecular weight excluding hydrogens is 240 g/mol. The van der Waals surface area contributed by atoms with Crippen molar-refractivity contribution in [1.29, 1.82) is 0 Å². The van der Waals surface area contributed by atoms with Crippen molar-refractivity contribution < 1.29 is 15.0 Å². The lowest BCUT2D eigenvalue weighted by Crippen LogP contribution is -2.47. The zero-order valence-electron chi connectivity index (χ0n) is 12.2. The molecule has 3 aliphatic rings. The van der Waals surface area contributed by atoms with Crippen LogP contribution < -0.4 is 0 Å². The first-order valence-electron chi connectivity index (χ1n) is 7.31. The summed E-state index contributed by atoms with van der Waals surface area (Å²) in [6, 6.07) is 0. The normalized spacial score (nSPS) is 50.8. The molecule has 1 spiro atoms. The Hall–Kier alpha value is -0.830. The molecule has 0 aromatic heterocycles. The maximum Gasteiger partial charge on any atom is 0.331 e. The number of carbonyl (C=O) groups is 1. The summed E-state index contributed by atoms with van der Waals surface area (Å²) in [6.45, 7) is 8.91. The molecule has 106 valence electrons. The molecule has 0 aliphatic heterocycles. The van der Waals surface area contributed by atoms with Gasteiger partial charge in [0.15, 0.2) is 0 Å². The van der Waals surface area contributed by atoms with Crippen LogP contribution in [0.15, 0.2) is 11.6 Å². The van der Waals surface area contributed by atoms with Gasteiger partial charge in [-0.3, -0.25) is 0 Å². The van der Waals surface area contributed by atoms with E-state index in [2.05, 4.69) is 27.7 Å². The quantitative estimate of drug-likeness (QED) is 0.765. The summed E-state index contributed by atoms with van der Waals surface area (Å²) in [4.78, 5) is 11.5. The molecule has 0 aromatic carbocycles. The third-order valence-corrected chi connectivity index (χ3v) is 7.31. The SMILES string of the molecule is C[C@@H]1CC[C@@]2(C)C(C)(C)[C@H]3C[C@@]12[C@@H](O)C=C3C(=O)O. The molecule has 3 rings (SSSR count). The van der Waals surface area contributed by atoms with E-state index in [0.717, 1.165) is 19.3 Å². The Labute approximate surface area is 114 Å². The Morgan fingerprint density at radius 2 is 2.00 bits per heavy atom. The standard InChI is InChI=1S/C16H24O3/c1-9-5-6-15(4)14(2,3)11-8-16(9,15)12(17)7-10(11)13(18)19/h7,9,11-12,17H,5-6,8H2,1-4H3,(H,18,19)/t9-,11+,12+,15+,16+/m1/s1. The number of aliphatic carboxylic acids is 1. The van der Waals surface area contributed by atoms with E-state index in [-0.39, 0.29) is 22.2 Å². The Balaban J connectivity index is 2.23. The highest BCUT2D eigenvalue weighted by molar-refractivity contribution is 5.88. The van der Waals surface area contributed by atoms with Crippen molar-refractivity contribution in [3.8, 4) is 0 Å². The van der Waals surface area contributed by atoms with Gasteiger partial charge in [-0.15, -0.1) is 0 Å². The zero-order chi connectivity index (χ0) is 14.2. The largest absolute Gasteiger partial charge is 0.478 e. The molecule has 0 heterocycles. The summed E-state index contributed by atoms with van der Waals surface area (Å²) in [5.41, 5.74) is 0.266. The lowest BCUT2D eigenvalue weighted by Gasteiger charge is -2.48. The fourth-order valence-electron chi connectivity index (χ4n) is 5.76. The van der Waals surface area contributed by atoms with Crippen LogP contribution in [0.25, 0.3) is 0 Å². The van der Waals surface area contributed by atoms with Crippen LogP contribution in [-0.4, -0.2) is 22.3 Å². The fourth-order valence-corrected chi connectivity index (χ4v) is 5.76. The molecule has 0 amide bonds. The van der Waals surface area contributed by atoms with Crippen molar-refractivity contribution in [3.63, 3.8) is 0 Å². The number of hydrogen-bond acceptors (Lipinski definition) is 2. The van der Waals surface area contributed by atoms with Crippen LogP contribution in [0, 0.1) is 28.1 Å². The van der Waals surface area contributed by atoms with Crippen LogP contribution in [0.3, 0.4) is 0 Å². The molecule has 3 heteroatoms. The molecule has 3 aliphatic carbocycles. The first kappa shape index (κ1) is 13.2. The van der Waals surface area contributed by atoms with Crippen LogP contribution in [-0.2, 0) is 4.79 Å². The van der Waals surface area contributed by atoms with E-state index in [4.69, 9.17) is 0 Å². The van der Waals surface area contributed by atoms with Crippen molar-refractivity contribution in [3.05, 3.63) is 11.6 Å². The Morgan fingerprint density at radius 1 is 1.37 bits per heavy atom. The van der Waals surface area contributed by atoms with Crippen molar-refractivity contribution in [2.24, 2.45) is 28.1 Å². The topological polar surface area (TPSA) is 57.5 Å². The van der Waals surface area contributed by atoms with Crippen molar-refractivity contribution >= 4 is 5.97 Å². The van der Waals surface area contributed by atoms with Gasteiger partial charge in [-0.05, 0) is 48.0 Å². The van der Waals surface area contributed by atoms with E-state index >= 15 is 0 Å². The van der Waals surface area contributed by atoms with Crippen LogP contribution in [0.5, 0.6) is 0 Å². The molecule has 5 atom stereocenters. The second-order valence-electron chi connectivity index (χ2n) is 7.66. The molecule has 3 nitrogen and oxygen atoms in total. The van der Waals surface area contributed by atoms with Gasteiger partial charge in [0.2, 0.25) is 0 Å². The number of carboxylic acids is 1. The van der Waals surface area contributed by atoms with Crippen LogP contribution in [0.4, 0.5) is 0 Å². The molecule has 2 saturated carbocycles.